The van der Waals surface area contributed by atoms with Crippen molar-refractivity contribution in [1.82, 2.24) is 0 Å². The molecule has 0 N–H and O–H groups in total. The maximum Gasteiger partial charge on any atom is 0.302 e. The van der Waals surface area contributed by atoms with Crippen LogP contribution in [0.1, 0.15) is 216 Å². The molecule has 14 heteroatoms. The number of ether oxygens (including phenoxy) is 7. The van der Waals surface area contributed by atoms with Crippen molar-refractivity contribution in [3.63, 3.8) is 0 Å². The van der Waals surface area contributed by atoms with Crippen molar-refractivity contribution in [1.29, 1.82) is 0 Å². The van der Waals surface area contributed by atoms with E-state index in [2.05, 4.69) is 74.7 Å². The van der Waals surface area contributed by atoms with Crippen LogP contribution in [0.25, 0.3) is 0 Å². The van der Waals surface area contributed by atoms with E-state index in [4.69, 9.17) is 0 Å². The van der Waals surface area contributed by atoms with Crippen LogP contribution >= 0.6 is 0 Å². The zero-order valence-corrected chi connectivity index (χ0v) is 42.7. The average molecular weight is 875 g/mol. The molecular weight excluding hydrogens is 776 g/mol. The smallest absolute Gasteiger partial charge is 0.302 e. The van der Waals surface area contributed by atoms with Crippen LogP contribution < -0.4 is 0 Å². The molecule has 366 valence electrons. The molecule has 0 heterocycles. The molecule has 0 amide bonds. The van der Waals surface area contributed by atoms with Gasteiger partial charge in [-0.1, -0.05) is 119 Å². The maximum atomic E-state index is 9.82. The van der Waals surface area contributed by atoms with Gasteiger partial charge in [0.05, 0.1) is 46.2 Å². The molecule has 0 unspecified atom stereocenters. The third kappa shape index (κ3) is 223. The molecule has 0 aliphatic rings. The van der Waals surface area contributed by atoms with Gasteiger partial charge in [0.15, 0.2) is 0 Å². The fourth-order valence-corrected chi connectivity index (χ4v) is 2.92. The van der Waals surface area contributed by atoms with Gasteiger partial charge in [0.25, 0.3) is 0 Å². The normalized spacial score (nSPS) is 8.07. The summed E-state index contributed by atoms with van der Waals surface area (Å²) in [6.45, 7) is 39.0. The molecule has 0 fully saturated rings. The van der Waals surface area contributed by atoms with E-state index < -0.39 is 0 Å². The zero-order chi connectivity index (χ0) is 49.4. The highest BCUT2D eigenvalue weighted by atomic mass is 16.6. The van der Waals surface area contributed by atoms with Gasteiger partial charge in [-0.25, -0.2) is 0 Å². The van der Waals surface area contributed by atoms with Gasteiger partial charge in [-0.05, 0) is 48.5 Å². The Balaban J connectivity index is -0.0000000579. The van der Waals surface area contributed by atoms with Gasteiger partial charge >= 0.3 is 41.8 Å². The van der Waals surface area contributed by atoms with Gasteiger partial charge in [0.2, 0.25) is 0 Å². The Kier molecular flexibility index (Phi) is 116. The summed E-state index contributed by atoms with van der Waals surface area (Å²) in [5.41, 5.74) is 0. The van der Waals surface area contributed by atoms with Gasteiger partial charge in [-0.15, -0.1) is 0 Å². The largest absolute Gasteiger partial charge is 0.466 e. The molecular formula is C46H98O14. The van der Waals surface area contributed by atoms with Gasteiger partial charge in [0, 0.05) is 48.5 Å². The molecule has 0 spiro atoms. The summed E-state index contributed by atoms with van der Waals surface area (Å²) in [6, 6.07) is 0. The minimum atomic E-state index is -0.211. The second kappa shape index (κ2) is 87.0. The van der Waals surface area contributed by atoms with Crippen molar-refractivity contribution in [2.75, 3.05) is 46.2 Å². The van der Waals surface area contributed by atoms with E-state index in [1.807, 2.05) is 0 Å². The summed E-state index contributed by atoms with van der Waals surface area (Å²) < 4.78 is 30.8. The maximum absolute atomic E-state index is 9.82. The quantitative estimate of drug-likeness (QED) is 0.0810. The molecule has 0 aliphatic carbocycles. The Hall–Kier alpha value is -3.71. The fraction of sp³-hybridized carbons (Fsp3) is 0.848. The molecule has 0 aromatic rings. The lowest BCUT2D eigenvalue weighted by atomic mass is 10.2. The molecule has 0 radical (unpaired) electrons. The van der Waals surface area contributed by atoms with Crippen LogP contribution in [-0.2, 0) is 66.7 Å². The van der Waals surface area contributed by atoms with E-state index in [0.717, 1.165) is 0 Å². The van der Waals surface area contributed by atoms with E-state index in [0.29, 0.717) is 46.2 Å². The summed E-state index contributed by atoms with van der Waals surface area (Å²) in [7, 11) is 0. The third-order valence-electron chi connectivity index (χ3n) is 5.30. The number of unbranched alkanes of at least 4 members (excludes halogenated alkanes) is 9. The molecule has 0 aromatic heterocycles. The predicted molar refractivity (Wildman–Crippen MR) is 246 cm³/mol. The van der Waals surface area contributed by atoms with Crippen LogP contribution in [-0.4, -0.2) is 88.0 Å². The Bertz CT molecular complexity index is 659. The van der Waals surface area contributed by atoms with Gasteiger partial charge in [-0.2, -0.15) is 0 Å². The van der Waals surface area contributed by atoms with Gasteiger partial charge in [-0.3, -0.25) is 33.6 Å². The van der Waals surface area contributed by atoms with Crippen LogP contribution in [0.15, 0.2) is 0 Å². The van der Waals surface area contributed by atoms with Crippen LogP contribution in [0, 0.1) is 0 Å². The minimum absolute atomic E-state index is 0.211. The first-order chi connectivity index (χ1) is 28.1. The molecule has 0 aliphatic heterocycles. The van der Waals surface area contributed by atoms with Crippen molar-refractivity contribution in [3.05, 3.63) is 0 Å². The molecule has 0 bridgehead atoms. The van der Waals surface area contributed by atoms with Crippen molar-refractivity contribution in [2.24, 2.45) is 0 Å². The van der Waals surface area contributed by atoms with Crippen LogP contribution in [0.3, 0.4) is 0 Å². The molecule has 0 atom stereocenters. The highest BCUT2D eigenvalue weighted by Crippen LogP contribution is 1.96. The topological polar surface area (TPSA) is 184 Å². The highest BCUT2D eigenvalue weighted by Gasteiger charge is 1.85. The van der Waals surface area contributed by atoms with E-state index in [1.165, 1.54) is 126 Å². The minimum Gasteiger partial charge on any atom is -0.466 e. The molecule has 0 saturated heterocycles. The van der Waals surface area contributed by atoms with Crippen molar-refractivity contribution in [2.45, 2.75) is 216 Å². The van der Waals surface area contributed by atoms with Gasteiger partial charge in [0.1, 0.15) is 0 Å². The summed E-state index contributed by atoms with van der Waals surface area (Å²) in [4.78, 5) is 68.8. The monoisotopic (exact) mass is 875 g/mol. The molecule has 0 aromatic carbocycles. The molecule has 60 heavy (non-hydrogen) atoms. The zero-order valence-electron chi connectivity index (χ0n) is 42.7. The van der Waals surface area contributed by atoms with E-state index in [9.17, 15) is 33.6 Å². The fourth-order valence-electron chi connectivity index (χ4n) is 2.92. The summed E-state index contributed by atoms with van der Waals surface area (Å²) in [5, 5.41) is 0. The SMILES string of the molecule is CCCCCC.CCCCCC.CCCCCC.CCOC(C)=O.CCOC(C)=O.CCOC(C)=O.CCOC(C)=O.CCOC(C)=O.CCOC(C)=O.CCOC(C)=O. The second-order valence-corrected chi connectivity index (χ2v) is 11.6. The Labute approximate surface area is 369 Å². The standard InChI is InChI=1S/3C6H14.7C4H8O2/c3*1-3-5-6-4-2;7*1-3-6-4(2)5/h3*3-6H2,1-2H3;7*3H2,1-2H3. The second-order valence-electron chi connectivity index (χ2n) is 11.6. The lowest BCUT2D eigenvalue weighted by Crippen LogP contribution is -1.95. The average Bonchev–Trinajstić information content (AvgIpc) is 3.14. The number of esters is 7. The number of carbonyl (C=O) groups is 7. The first-order valence-electron chi connectivity index (χ1n) is 22.1. The molecule has 0 rings (SSSR count). The van der Waals surface area contributed by atoms with Crippen LogP contribution in [0.4, 0.5) is 0 Å². The Morgan fingerprint density at radius 1 is 0.217 bits per heavy atom. The number of hydrogen-bond donors (Lipinski definition) is 0. The van der Waals surface area contributed by atoms with Crippen molar-refractivity contribution < 1.29 is 66.7 Å². The first kappa shape index (κ1) is 80.3. The van der Waals surface area contributed by atoms with Crippen LogP contribution in [0.5, 0.6) is 0 Å². The predicted octanol–water partition coefficient (Wildman–Crippen LogP) is 11.7. The van der Waals surface area contributed by atoms with Crippen molar-refractivity contribution in [3.8, 4) is 0 Å². The molecule has 0 saturated carbocycles. The van der Waals surface area contributed by atoms with E-state index in [1.54, 1.807) is 48.5 Å². The number of hydrogen-bond acceptors (Lipinski definition) is 14. The summed E-state index contributed by atoms with van der Waals surface area (Å²) >= 11 is 0. The van der Waals surface area contributed by atoms with E-state index in [-0.39, 0.29) is 41.8 Å². The number of carbonyl (C=O) groups excluding carboxylic acids is 7. The van der Waals surface area contributed by atoms with Crippen LogP contribution in [0.2, 0.25) is 0 Å². The lowest BCUT2D eigenvalue weighted by molar-refractivity contribution is -0.141. The third-order valence-corrected chi connectivity index (χ3v) is 5.30. The molecule has 14 nitrogen and oxygen atoms in total. The summed E-state index contributed by atoms with van der Waals surface area (Å²) in [5.74, 6) is -1.47. The number of rotatable bonds is 16. The lowest BCUT2D eigenvalue weighted by Gasteiger charge is -1.89. The first-order valence-corrected chi connectivity index (χ1v) is 22.1. The van der Waals surface area contributed by atoms with E-state index >= 15 is 0 Å². The van der Waals surface area contributed by atoms with Crippen molar-refractivity contribution >= 4 is 41.8 Å². The summed E-state index contributed by atoms with van der Waals surface area (Å²) in [6.07, 6.45) is 16.6. The Morgan fingerprint density at radius 2 is 0.300 bits per heavy atom. The Morgan fingerprint density at radius 3 is 0.317 bits per heavy atom. The highest BCUT2D eigenvalue weighted by molar-refractivity contribution is 5.67. The van der Waals surface area contributed by atoms with Gasteiger partial charge < -0.3 is 33.2 Å².